The summed E-state index contributed by atoms with van der Waals surface area (Å²) in [6.45, 7) is 1.83. The van der Waals surface area contributed by atoms with Crippen LogP contribution in [0.3, 0.4) is 0 Å². The largest absolute Gasteiger partial charge is 0.495 e. The van der Waals surface area contributed by atoms with Gasteiger partial charge >= 0.3 is 0 Å². The molecule has 0 aliphatic heterocycles. The molecular weight excluding hydrogens is 408 g/mol. The molecule has 2 aromatic rings. The molecule has 2 nitrogen and oxygen atoms in total. The van der Waals surface area contributed by atoms with Crippen LogP contribution in [0.15, 0.2) is 39.3 Å². The second-order valence-electron chi connectivity index (χ2n) is 4.54. The summed E-state index contributed by atoms with van der Waals surface area (Å²) < 4.78 is 33.4. The summed E-state index contributed by atoms with van der Waals surface area (Å²) in [7, 11) is 1.57. The van der Waals surface area contributed by atoms with E-state index in [0.29, 0.717) is 11.3 Å². The van der Waals surface area contributed by atoms with Gasteiger partial charge in [-0.25, -0.2) is 8.78 Å². The van der Waals surface area contributed by atoms with Gasteiger partial charge in [0.2, 0.25) is 0 Å². The van der Waals surface area contributed by atoms with Gasteiger partial charge in [-0.1, -0.05) is 0 Å². The van der Waals surface area contributed by atoms with Crippen molar-refractivity contribution in [3.05, 3.63) is 56.5 Å². The number of halogens is 4. The van der Waals surface area contributed by atoms with Crippen molar-refractivity contribution in [2.75, 3.05) is 12.4 Å². The standard InChI is InChI=1S/C15H13Br2F2NO/c1-8(9-3-10(18)5-11(19)4-9)20-14-7-15(21-2)13(17)6-12(14)16/h3-8,20H,1-2H3. The first kappa shape index (κ1) is 16.2. The Labute approximate surface area is 138 Å². The molecule has 0 saturated carbocycles. The third-order valence-electron chi connectivity index (χ3n) is 3.00. The van der Waals surface area contributed by atoms with Crippen LogP contribution in [0.2, 0.25) is 0 Å². The van der Waals surface area contributed by atoms with E-state index in [0.717, 1.165) is 20.7 Å². The Morgan fingerprint density at radius 1 is 1.00 bits per heavy atom. The van der Waals surface area contributed by atoms with Crippen molar-refractivity contribution in [2.24, 2.45) is 0 Å². The SMILES string of the molecule is COc1cc(NC(C)c2cc(F)cc(F)c2)c(Br)cc1Br. The Morgan fingerprint density at radius 3 is 2.19 bits per heavy atom. The lowest BCUT2D eigenvalue weighted by Gasteiger charge is -2.18. The molecule has 2 aromatic carbocycles. The van der Waals surface area contributed by atoms with Crippen LogP contribution in [0.1, 0.15) is 18.5 Å². The lowest BCUT2D eigenvalue weighted by Crippen LogP contribution is -2.08. The summed E-state index contributed by atoms with van der Waals surface area (Å²) in [5.41, 5.74) is 1.30. The van der Waals surface area contributed by atoms with E-state index >= 15 is 0 Å². The average Bonchev–Trinajstić information content (AvgIpc) is 2.40. The quantitative estimate of drug-likeness (QED) is 0.687. The van der Waals surface area contributed by atoms with Crippen LogP contribution in [0.25, 0.3) is 0 Å². The Kier molecular flexibility index (Phi) is 5.22. The molecule has 0 saturated heterocycles. The normalized spacial score (nSPS) is 12.1. The topological polar surface area (TPSA) is 21.3 Å². The van der Waals surface area contributed by atoms with E-state index in [2.05, 4.69) is 37.2 Å². The van der Waals surface area contributed by atoms with Gasteiger partial charge in [-0.15, -0.1) is 0 Å². The molecule has 1 atom stereocenters. The van der Waals surface area contributed by atoms with Gasteiger partial charge in [0.1, 0.15) is 17.4 Å². The van der Waals surface area contributed by atoms with E-state index in [1.165, 1.54) is 12.1 Å². The fourth-order valence-electron chi connectivity index (χ4n) is 1.94. The average molecular weight is 421 g/mol. The molecule has 21 heavy (non-hydrogen) atoms. The summed E-state index contributed by atoms with van der Waals surface area (Å²) >= 11 is 6.83. The van der Waals surface area contributed by atoms with E-state index in [1.807, 2.05) is 13.0 Å². The molecule has 0 aliphatic carbocycles. The van der Waals surface area contributed by atoms with Gasteiger partial charge in [0.25, 0.3) is 0 Å². The maximum Gasteiger partial charge on any atom is 0.135 e. The van der Waals surface area contributed by atoms with Crippen molar-refractivity contribution in [3.63, 3.8) is 0 Å². The first-order chi connectivity index (χ1) is 9.90. The highest BCUT2D eigenvalue weighted by Crippen LogP contribution is 2.36. The van der Waals surface area contributed by atoms with Gasteiger partial charge in [0.15, 0.2) is 0 Å². The van der Waals surface area contributed by atoms with E-state index in [-0.39, 0.29) is 6.04 Å². The van der Waals surface area contributed by atoms with Crippen molar-refractivity contribution < 1.29 is 13.5 Å². The van der Waals surface area contributed by atoms with Gasteiger partial charge in [-0.05, 0) is 62.5 Å². The summed E-state index contributed by atoms with van der Waals surface area (Å²) in [5.74, 6) is -0.518. The molecular formula is C15H13Br2F2NO. The van der Waals surface area contributed by atoms with Gasteiger partial charge in [-0.2, -0.15) is 0 Å². The third kappa shape index (κ3) is 3.95. The molecule has 6 heteroatoms. The Morgan fingerprint density at radius 2 is 1.62 bits per heavy atom. The number of hydrogen-bond donors (Lipinski definition) is 1. The predicted molar refractivity (Wildman–Crippen MR) is 86.8 cm³/mol. The molecule has 1 unspecified atom stereocenters. The highest BCUT2D eigenvalue weighted by molar-refractivity contribution is 9.11. The third-order valence-corrected chi connectivity index (χ3v) is 4.27. The number of rotatable bonds is 4. The van der Waals surface area contributed by atoms with Crippen LogP contribution in [0, 0.1) is 11.6 Å². The number of ether oxygens (including phenoxy) is 1. The van der Waals surface area contributed by atoms with Crippen LogP contribution in [0.4, 0.5) is 14.5 Å². The van der Waals surface area contributed by atoms with Crippen LogP contribution < -0.4 is 10.1 Å². The number of methoxy groups -OCH3 is 1. The lowest BCUT2D eigenvalue weighted by atomic mass is 10.1. The van der Waals surface area contributed by atoms with E-state index in [4.69, 9.17) is 4.74 Å². The second-order valence-corrected chi connectivity index (χ2v) is 6.24. The van der Waals surface area contributed by atoms with Crippen LogP contribution >= 0.6 is 31.9 Å². The zero-order valence-electron chi connectivity index (χ0n) is 11.4. The Bertz CT molecular complexity index is 644. The lowest BCUT2D eigenvalue weighted by molar-refractivity contribution is 0.412. The molecule has 0 aromatic heterocycles. The molecule has 112 valence electrons. The molecule has 1 N–H and O–H groups in total. The fraction of sp³-hybridized carbons (Fsp3) is 0.200. The van der Waals surface area contributed by atoms with Gasteiger partial charge in [-0.3, -0.25) is 0 Å². The Hall–Kier alpha value is -1.14. The Balaban J connectivity index is 2.28. The van der Waals surface area contributed by atoms with Crippen molar-refractivity contribution in [1.82, 2.24) is 0 Å². The highest BCUT2D eigenvalue weighted by atomic mass is 79.9. The monoisotopic (exact) mass is 419 g/mol. The smallest absolute Gasteiger partial charge is 0.135 e. The summed E-state index contributed by atoms with van der Waals surface area (Å²) in [6, 6.07) is 6.86. The minimum atomic E-state index is -0.592. The second kappa shape index (κ2) is 6.75. The molecule has 0 spiro atoms. The van der Waals surface area contributed by atoms with Crippen molar-refractivity contribution in [1.29, 1.82) is 0 Å². The van der Waals surface area contributed by atoms with Crippen molar-refractivity contribution in [3.8, 4) is 5.75 Å². The minimum absolute atomic E-state index is 0.266. The summed E-state index contributed by atoms with van der Waals surface area (Å²) in [4.78, 5) is 0. The minimum Gasteiger partial charge on any atom is -0.495 e. The molecule has 0 fully saturated rings. The van der Waals surface area contributed by atoms with E-state index in [1.54, 1.807) is 13.2 Å². The maximum absolute atomic E-state index is 13.3. The fourth-order valence-corrected chi connectivity index (χ4v) is 3.21. The molecule has 2 rings (SSSR count). The number of nitrogens with one attached hydrogen (secondary N) is 1. The van der Waals surface area contributed by atoms with E-state index < -0.39 is 11.6 Å². The van der Waals surface area contributed by atoms with Crippen LogP contribution in [0.5, 0.6) is 5.75 Å². The first-order valence-corrected chi connectivity index (χ1v) is 7.75. The molecule has 0 radical (unpaired) electrons. The van der Waals surface area contributed by atoms with Crippen molar-refractivity contribution >= 4 is 37.5 Å². The van der Waals surface area contributed by atoms with Gasteiger partial charge in [0, 0.05) is 22.6 Å². The van der Waals surface area contributed by atoms with Gasteiger partial charge in [0.05, 0.1) is 17.3 Å². The zero-order chi connectivity index (χ0) is 15.6. The van der Waals surface area contributed by atoms with Crippen molar-refractivity contribution in [2.45, 2.75) is 13.0 Å². The zero-order valence-corrected chi connectivity index (χ0v) is 14.6. The molecule has 0 heterocycles. The molecule has 0 amide bonds. The van der Waals surface area contributed by atoms with Crippen LogP contribution in [-0.2, 0) is 0 Å². The number of anilines is 1. The molecule has 0 bridgehead atoms. The van der Waals surface area contributed by atoms with E-state index in [9.17, 15) is 8.78 Å². The number of benzene rings is 2. The maximum atomic E-state index is 13.3. The van der Waals surface area contributed by atoms with Crippen LogP contribution in [-0.4, -0.2) is 7.11 Å². The summed E-state index contributed by atoms with van der Waals surface area (Å²) in [5, 5.41) is 3.20. The highest BCUT2D eigenvalue weighted by Gasteiger charge is 2.12. The van der Waals surface area contributed by atoms with Gasteiger partial charge < -0.3 is 10.1 Å². The summed E-state index contributed by atoms with van der Waals surface area (Å²) in [6.07, 6.45) is 0. The predicted octanol–water partition coefficient (Wildman–Crippen LogP) is 5.67. The molecule has 0 aliphatic rings. The number of hydrogen-bond acceptors (Lipinski definition) is 2. The first-order valence-electron chi connectivity index (χ1n) is 6.16.